The van der Waals surface area contributed by atoms with E-state index in [0.29, 0.717) is 0 Å². The van der Waals surface area contributed by atoms with Gasteiger partial charge in [-0.05, 0) is 24.8 Å². The number of rotatable bonds is 4. The average molecular weight is 387 g/mol. The summed E-state index contributed by atoms with van der Waals surface area (Å²) in [5.74, 6) is 0.978. The van der Waals surface area contributed by atoms with E-state index in [1.807, 2.05) is 29.7 Å². The number of aryl methyl sites for hydroxylation is 3. The first-order valence-corrected chi connectivity index (χ1v) is 10.2. The summed E-state index contributed by atoms with van der Waals surface area (Å²) in [6.45, 7) is 4.22. The van der Waals surface area contributed by atoms with Gasteiger partial charge in [0.05, 0.1) is 17.3 Å². The Morgan fingerprint density at radius 3 is 2.45 bits per heavy atom. The Morgan fingerprint density at radius 2 is 1.72 bits per heavy atom. The topological polar surface area (TPSA) is 64.7 Å². The van der Waals surface area contributed by atoms with E-state index < -0.39 is 0 Å². The number of nitrogens with zero attached hydrogens (tertiary/aromatic N) is 7. The van der Waals surface area contributed by atoms with Crippen LogP contribution < -0.4 is 4.90 Å². The lowest BCUT2D eigenvalue weighted by molar-refractivity contribution is 0.775. The van der Waals surface area contributed by atoms with Crippen LogP contribution in [0.1, 0.15) is 25.3 Å². The molecular formula is C22H25N7. The highest BCUT2D eigenvalue weighted by Crippen LogP contribution is 2.38. The van der Waals surface area contributed by atoms with E-state index in [4.69, 9.17) is 5.10 Å². The molecule has 1 aliphatic rings. The summed E-state index contributed by atoms with van der Waals surface area (Å²) < 4.78 is 3.78. The van der Waals surface area contributed by atoms with Crippen LogP contribution in [-0.4, -0.2) is 42.6 Å². The van der Waals surface area contributed by atoms with Crippen LogP contribution in [0.15, 0.2) is 36.8 Å². The Balaban J connectivity index is 1.73. The smallest absolute Gasteiger partial charge is 0.163 e. The van der Waals surface area contributed by atoms with Crippen LogP contribution in [0.4, 0.5) is 5.82 Å². The highest BCUT2D eigenvalue weighted by atomic mass is 15.3. The highest BCUT2D eigenvalue weighted by Gasteiger charge is 2.25. The van der Waals surface area contributed by atoms with Gasteiger partial charge in [0.15, 0.2) is 5.65 Å². The van der Waals surface area contributed by atoms with E-state index >= 15 is 0 Å². The molecule has 0 atom stereocenters. The number of anilines is 1. The molecule has 1 aromatic carbocycles. The Labute approximate surface area is 170 Å². The summed E-state index contributed by atoms with van der Waals surface area (Å²) in [5.41, 5.74) is 6.28. The standard InChI is InChI=1S/C22H25N7/c1-4-15-7-9-16(10-8-15)20-17(13-25-27(20)2)19-18-21(28(3)26-19)23-14-24-22(18)29-11-5-6-12-29/h7-10,13-14H,4-6,11-12H2,1-3H3. The van der Waals surface area contributed by atoms with Gasteiger partial charge in [-0.2, -0.15) is 10.2 Å². The van der Waals surface area contributed by atoms with Gasteiger partial charge in [-0.1, -0.05) is 31.2 Å². The average Bonchev–Trinajstić information content (AvgIpc) is 3.48. The van der Waals surface area contributed by atoms with Crippen molar-refractivity contribution < 1.29 is 0 Å². The minimum atomic E-state index is 0.855. The van der Waals surface area contributed by atoms with Crippen LogP contribution in [0.2, 0.25) is 0 Å². The molecule has 29 heavy (non-hydrogen) atoms. The van der Waals surface area contributed by atoms with Crippen LogP contribution in [0.5, 0.6) is 0 Å². The van der Waals surface area contributed by atoms with E-state index in [9.17, 15) is 0 Å². The van der Waals surface area contributed by atoms with Crippen LogP contribution >= 0.6 is 0 Å². The van der Waals surface area contributed by atoms with Gasteiger partial charge in [-0.3, -0.25) is 4.68 Å². The van der Waals surface area contributed by atoms with Crippen LogP contribution in [0, 0.1) is 0 Å². The molecule has 1 aliphatic heterocycles. The first-order chi connectivity index (χ1) is 14.2. The monoisotopic (exact) mass is 387 g/mol. The van der Waals surface area contributed by atoms with Crippen molar-refractivity contribution in [1.29, 1.82) is 0 Å². The zero-order chi connectivity index (χ0) is 20.0. The quantitative estimate of drug-likeness (QED) is 0.535. The number of hydrogen-bond donors (Lipinski definition) is 0. The summed E-state index contributed by atoms with van der Waals surface area (Å²) >= 11 is 0. The second-order valence-corrected chi connectivity index (χ2v) is 7.64. The molecule has 5 rings (SSSR count). The van der Waals surface area contributed by atoms with Crippen molar-refractivity contribution in [1.82, 2.24) is 29.5 Å². The molecule has 0 aliphatic carbocycles. The molecule has 4 aromatic rings. The minimum Gasteiger partial charge on any atom is -0.356 e. The molecule has 0 spiro atoms. The molecule has 4 heterocycles. The summed E-state index contributed by atoms with van der Waals surface area (Å²) in [6.07, 6.45) is 6.98. The molecule has 0 saturated carbocycles. The molecule has 148 valence electrons. The molecule has 0 radical (unpaired) electrons. The maximum absolute atomic E-state index is 4.86. The van der Waals surface area contributed by atoms with E-state index in [0.717, 1.165) is 58.9 Å². The zero-order valence-electron chi connectivity index (χ0n) is 17.1. The number of aromatic nitrogens is 6. The maximum atomic E-state index is 4.86. The third kappa shape index (κ3) is 2.88. The molecule has 3 aromatic heterocycles. The lowest BCUT2D eigenvalue weighted by atomic mass is 10.0. The van der Waals surface area contributed by atoms with Crippen molar-refractivity contribution in [3.8, 4) is 22.5 Å². The van der Waals surface area contributed by atoms with Gasteiger partial charge in [-0.15, -0.1) is 0 Å². The number of benzene rings is 1. The summed E-state index contributed by atoms with van der Waals surface area (Å²) in [7, 11) is 3.92. The molecule has 1 saturated heterocycles. The van der Waals surface area contributed by atoms with Crippen molar-refractivity contribution in [2.45, 2.75) is 26.2 Å². The van der Waals surface area contributed by atoms with Crippen molar-refractivity contribution in [3.05, 3.63) is 42.4 Å². The van der Waals surface area contributed by atoms with E-state index in [2.05, 4.69) is 51.2 Å². The largest absolute Gasteiger partial charge is 0.356 e. The number of hydrogen-bond acceptors (Lipinski definition) is 5. The minimum absolute atomic E-state index is 0.855. The highest BCUT2D eigenvalue weighted by molar-refractivity contribution is 6.01. The van der Waals surface area contributed by atoms with Crippen LogP contribution in [0.25, 0.3) is 33.5 Å². The third-order valence-electron chi connectivity index (χ3n) is 5.84. The molecular weight excluding hydrogens is 362 g/mol. The van der Waals surface area contributed by atoms with E-state index in [1.165, 1.54) is 18.4 Å². The van der Waals surface area contributed by atoms with Gasteiger partial charge in [0.2, 0.25) is 0 Å². The van der Waals surface area contributed by atoms with E-state index in [-0.39, 0.29) is 0 Å². The fraction of sp³-hybridized carbons (Fsp3) is 0.364. The summed E-state index contributed by atoms with van der Waals surface area (Å²) in [4.78, 5) is 11.5. The molecule has 1 fully saturated rings. The fourth-order valence-electron chi connectivity index (χ4n) is 4.28. The van der Waals surface area contributed by atoms with Crippen molar-refractivity contribution in [2.24, 2.45) is 14.1 Å². The Kier molecular flexibility index (Phi) is 4.30. The van der Waals surface area contributed by atoms with Crippen molar-refractivity contribution >= 4 is 16.9 Å². The molecule has 0 N–H and O–H groups in total. The first-order valence-electron chi connectivity index (χ1n) is 10.2. The van der Waals surface area contributed by atoms with Crippen molar-refractivity contribution in [3.63, 3.8) is 0 Å². The van der Waals surface area contributed by atoms with Gasteiger partial charge in [-0.25, -0.2) is 14.6 Å². The first kappa shape index (κ1) is 17.8. The van der Waals surface area contributed by atoms with Crippen LogP contribution in [-0.2, 0) is 20.5 Å². The van der Waals surface area contributed by atoms with Crippen LogP contribution in [0.3, 0.4) is 0 Å². The summed E-state index contributed by atoms with van der Waals surface area (Å²) in [6, 6.07) is 8.70. The van der Waals surface area contributed by atoms with Gasteiger partial charge in [0.1, 0.15) is 17.8 Å². The van der Waals surface area contributed by atoms with Crippen molar-refractivity contribution in [2.75, 3.05) is 18.0 Å². The summed E-state index contributed by atoms with van der Waals surface area (Å²) in [5, 5.41) is 10.4. The maximum Gasteiger partial charge on any atom is 0.163 e. The lowest BCUT2D eigenvalue weighted by Gasteiger charge is -2.17. The van der Waals surface area contributed by atoms with Gasteiger partial charge in [0, 0.05) is 38.3 Å². The second-order valence-electron chi connectivity index (χ2n) is 7.64. The Hall–Kier alpha value is -3.22. The fourth-order valence-corrected chi connectivity index (χ4v) is 4.28. The second kappa shape index (κ2) is 6.99. The molecule has 0 bridgehead atoms. The van der Waals surface area contributed by atoms with E-state index in [1.54, 1.807) is 6.33 Å². The SMILES string of the molecule is CCc1ccc(-c2c(-c3nn(C)c4ncnc(N5CCCC5)c34)cnn2C)cc1. The predicted octanol–water partition coefficient (Wildman–Crippen LogP) is 3.59. The van der Waals surface area contributed by atoms with Gasteiger partial charge in [0.25, 0.3) is 0 Å². The molecule has 0 amide bonds. The normalized spacial score (nSPS) is 14.2. The molecule has 0 unspecified atom stereocenters. The Bertz CT molecular complexity index is 1160. The molecule has 7 nitrogen and oxygen atoms in total. The van der Waals surface area contributed by atoms with Gasteiger partial charge < -0.3 is 4.90 Å². The zero-order valence-corrected chi connectivity index (χ0v) is 17.1. The predicted molar refractivity (Wildman–Crippen MR) is 115 cm³/mol. The van der Waals surface area contributed by atoms with Gasteiger partial charge >= 0.3 is 0 Å². The number of fused-ring (bicyclic) bond motifs is 1. The molecule has 7 heteroatoms. The Morgan fingerprint density at radius 1 is 0.966 bits per heavy atom. The lowest BCUT2D eigenvalue weighted by Crippen LogP contribution is -2.19. The third-order valence-corrected chi connectivity index (χ3v) is 5.84.